The van der Waals surface area contributed by atoms with Crippen molar-refractivity contribution in [2.45, 2.75) is 38.2 Å². The summed E-state index contributed by atoms with van der Waals surface area (Å²) in [5.41, 5.74) is 1.59. The molecule has 0 aromatic heterocycles. The van der Waals surface area contributed by atoms with Crippen LogP contribution in [-0.2, 0) is 16.6 Å². The fourth-order valence-corrected chi connectivity index (χ4v) is 4.02. The third kappa shape index (κ3) is 2.47. The Morgan fingerprint density at radius 3 is 2.71 bits per heavy atom. The van der Waals surface area contributed by atoms with Crippen LogP contribution in [0.1, 0.15) is 17.5 Å². The van der Waals surface area contributed by atoms with Crippen LogP contribution in [-0.4, -0.2) is 8.32 Å². The van der Waals surface area contributed by atoms with Crippen molar-refractivity contribution in [3.05, 3.63) is 45.2 Å². The molecular formula is C13H16BrNOSi. The van der Waals surface area contributed by atoms with Gasteiger partial charge < -0.3 is 4.43 Å². The fourth-order valence-electron chi connectivity index (χ4n) is 2.34. The molecule has 1 aliphatic rings. The average Bonchev–Trinajstić information content (AvgIpc) is 2.55. The molecule has 1 aromatic rings. The summed E-state index contributed by atoms with van der Waals surface area (Å²) in [4.78, 5) is 3.82. The zero-order valence-electron chi connectivity index (χ0n) is 10.4. The highest BCUT2D eigenvalue weighted by Crippen LogP contribution is 2.43. The van der Waals surface area contributed by atoms with Crippen LogP contribution < -0.4 is 0 Å². The third-order valence-corrected chi connectivity index (χ3v) is 4.32. The molecule has 0 heterocycles. The minimum atomic E-state index is -1.72. The van der Waals surface area contributed by atoms with Crippen LogP contribution in [0.2, 0.25) is 19.6 Å². The normalized spacial score (nSPS) is 23.2. The molecule has 0 amide bonds. The zero-order valence-corrected chi connectivity index (χ0v) is 13.0. The molecule has 0 N–H and O–H groups in total. The Hall–Kier alpha value is -0.633. The first-order valence-electron chi connectivity index (χ1n) is 5.74. The van der Waals surface area contributed by atoms with Gasteiger partial charge in [-0.15, -0.1) is 0 Å². The van der Waals surface area contributed by atoms with E-state index in [9.17, 15) is 0 Å². The number of aryl methyl sites for hydroxylation is 1. The van der Waals surface area contributed by atoms with Gasteiger partial charge in [0.25, 0.3) is 0 Å². The number of benzene rings is 1. The van der Waals surface area contributed by atoms with Crippen molar-refractivity contribution in [1.82, 2.24) is 0 Å². The quantitative estimate of drug-likeness (QED) is 0.586. The summed E-state index contributed by atoms with van der Waals surface area (Å²) in [6, 6.07) is 6.14. The van der Waals surface area contributed by atoms with Gasteiger partial charge in [0.05, 0.1) is 12.0 Å². The fraction of sp³-hybridized carbons (Fsp3) is 0.462. The average molecular weight is 310 g/mol. The standard InChI is InChI=1S/C13H16BrNOSi/c1-15-13(16-17(2,3)4)8-7-10-9-11(14)5-6-12(10)13/h5-6,9H,7-8H2,2-4H3. The molecule has 1 aromatic carbocycles. The molecule has 0 radical (unpaired) electrons. The first kappa shape index (κ1) is 12.8. The van der Waals surface area contributed by atoms with Gasteiger partial charge in [-0.1, -0.05) is 15.9 Å². The molecule has 2 rings (SSSR count). The van der Waals surface area contributed by atoms with Crippen LogP contribution in [0.3, 0.4) is 0 Å². The van der Waals surface area contributed by atoms with Gasteiger partial charge in [-0.25, -0.2) is 6.57 Å². The first-order chi connectivity index (χ1) is 7.86. The number of nitrogens with zero attached hydrogens (tertiary/aromatic N) is 1. The van der Waals surface area contributed by atoms with E-state index in [0.717, 1.165) is 22.9 Å². The molecule has 90 valence electrons. The smallest absolute Gasteiger partial charge is 0.347 e. The van der Waals surface area contributed by atoms with Crippen LogP contribution in [0.15, 0.2) is 22.7 Å². The lowest BCUT2D eigenvalue weighted by Gasteiger charge is -2.26. The first-order valence-corrected chi connectivity index (χ1v) is 9.94. The van der Waals surface area contributed by atoms with Gasteiger partial charge in [0, 0.05) is 4.47 Å². The molecule has 0 spiro atoms. The van der Waals surface area contributed by atoms with Crippen LogP contribution >= 0.6 is 15.9 Å². The second-order valence-electron chi connectivity index (χ2n) is 5.41. The second-order valence-corrected chi connectivity index (χ2v) is 10.8. The number of hydrogen-bond donors (Lipinski definition) is 0. The lowest BCUT2D eigenvalue weighted by Crippen LogP contribution is -2.37. The summed E-state index contributed by atoms with van der Waals surface area (Å²) in [6.07, 6.45) is 1.72. The summed E-state index contributed by atoms with van der Waals surface area (Å²) in [5.74, 6) is 0. The zero-order chi connectivity index (χ0) is 12.7. The number of rotatable bonds is 2. The number of halogens is 1. The van der Waals surface area contributed by atoms with Crippen LogP contribution in [0.25, 0.3) is 4.85 Å². The molecule has 0 fully saturated rings. The van der Waals surface area contributed by atoms with Gasteiger partial charge in [0.2, 0.25) is 0 Å². The molecule has 0 saturated heterocycles. The number of hydrogen-bond acceptors (Lipinski definition) is 1. The Labute approximate surface area is 112 Å². The van der Waals surface area contributed by atoms with E-state index in [0.29, 0.717) is 0 Å². The monoisotopic (exact) mass is 309 g/mol. The maximum atomic E-state index is 7.52. The predicted molar refractivity (Wildman–Crippen MR) is 75.2 cm³/mol. The van der Waals surface area contributed by atoms with Crippen LogP contribution in [0, 0.1) is 6.57 Å². The van der Waals surface area contributed by atoms with E-state index in [1.807, 2.05) is 12.1 Å². The lowest BCUT2D eigenvalue weighted by atomic mass is 10.1. The van der Waals surface area contributed by atoms with E-state index in [4.69, 9.17) is 11.0 Å². The van der Waals surface area contributed by atoms with Gasteiger partial charge in [0.15, 0.2) is 8.32 Å². The molecule has 0 saturated carbocycles. The van der Waals surface area contributed by atoms with Crippen molar-refractivity contribution >= 4 is 24.2 Å². The molecular weight excluding hydrogens is 294 g/mol. The predicted octanol–water partition coefficient (Wildman–Crippen LogP) is 4.32. The Balaban J connectivity index is 2.45. The van der Waals surface area contributed by atoms with E-state index in [-0.39, 0.29) is 0 Å². The van der Waals surface area contributed by atoms with E-state index >= 15 is 0 Å². The highest BCUT2D eigenvalue weighted by molar-refractivity contribution is 9.10. The summed E-state index contributed by atoms with van der Waals surface area (Å²) >= 11 is 3.48. The highest BCUT2D eigenvalue weighted by atomic mass is 79.9. The minimum absolute atomic E-state index is 0.722. The van der Waals surface area contributed by atoms with Crippen LogP contribution in [0.5, 0.6) is 0 Å². The largest absolute Gasteiger partial charge is 0.355 e. The third-order valence-electron chi connectivity index (χ3n) is 2.88. The SMILES string of the molecule is [C-]#[N+]C1(O[Si](C)(C)C)CCc2cc(Br)ccc21. The summed E-state index contributed by atoms with van der Waals surface area (Å²) in [7, 11) is -1.72. The Morgan fingerprint density at radius 1 is 1.41 bits per heavy atom. The second kappa shape index (κ2) is 4.24. The van der Waals surface area contributed by atoms with E-state index in [2.05, 4.69) is 46.5 Å². The molecule has 1 atom stereocenters. The molecule has 1 unspecified atom stereocenters. The Bertz CT molecular complexity index is 489. The molecule has 0 aliphatic heterocycles. The maximum Gasteiger partial charge on any atom is 0.355 e. The van der Waals surface area contributed by atoms with Crippen molar-refractivity contribution in [3.63, 3.8) is 0 Å². The van der Waals surface area contributed by atoms with Crippen molar-refractivity contribution in [3.8, 4) is 0 Å². The van der Waals surface area contributed by atoms with Gasteiger partial charge in [-0.2, -0.15) is 0 Å². The van der Waals surface area contributed by atoms with Crippen LogP contribution in [0.4, 0.5) is 0 Å². The molecule has 0 bridgehead atoms. The molecule has 4 heteroatoms. The molecule has 1 aliphatic carbocycles. The summed E-state index contributed by atoms with van der Waals surface area (Å²) in [5, 5.41) is 0. The van der Waals surface area contributed by atoms with E-state index in [1.165, 1.54) is 5.56 Å². The van der Waals surface area contributed by atoms with Gasteiger partial charge in [0.1, 0.15) is 0 Å². The van der Waals surface area contributed by atoms with Crippen molar-refractivity contribution in [2.75, 3.05) is 0 Å². The van der Waals surface area contributed by atoms with E-state index in [1.54, 1.807) is 0 Å². The van der Waals surface area contributed by atoms with Gasteiger partial charge in [-0.05, 0) is 49.8 Å². The van der Waals surface area contributed by atoms with E-state index < -0.39 is 14.0 Å². The summed E-state index contributed by atoms with van der Waals surface area (Å²) < 4.78 is 7.25. The maximum absolute atomic E-state index is 7.52. The Morgan fingerprint density at radius 2 is 2.12 bits per heavy atom. The highest BCUT2D eigenvalue weighted by Gasteiger charge is 2.49. The van der Waals surface area contributed by atoms with Crippen molar-refractivity contribution in [2.24, 2.45) is 0 Å². The minimum Gasteiger partial charge on any atom is -0.347 e. The summed E-state index contributed by atoms with van der Waals surface area (Å²) in [6.45, 7) is 13.9. The lowest BCUT2D eigenvalue weighted by molar-refractivity contribution is 0.110. The van der Waals surface area contributed by atoms with Crippen molar-refractivity contribution < 1.29 is 4.43 Å². The van der Waals surface area contributed by atoms with Crippen molar-refractivity contribution in [1.29, 1.82) is 0 Å². The number of fused-ring (bicyclic) bond motifs is 1. The molecule has 17 heavy (non-hydrogen) atoms. The Kier molecular flexibility index (Phi) is 3.19. The van der Waals surface area contributed by atoms with Gasteiger partial charge in [-0.3, -0.25) is 4.85 Å². The molecule has 2 nitrogen and oxygen atoms in total. The van der Waals surface area contributed by atoms with Gasteiger partial charge >= 0.3 is 5.72 Å². The topological polar surface area (TPSA) is 13.6 Å².